The average Bonchev–Trinajstić information content (AvgIpc) is 3.31. The monoisotopic (exact) mass is 623 g/mol. The second kappa shape index (κ2) is 11.4. The highest BCUT2D eigenvalue weighted by molar-refractivity contribution is 8.01. The Kier molecular flexibility index (Phi) is 7.75. The minimum Gasteiger partial charge on any atom is -0.508 e. The summed E-state index contributed by atoms with van der Waals surface area (Å²) in [6, 6.07) is 12.9. The van der Waals surface area contributed by atoms with E-state index in [2.05, 4.69) is 5.32 Å². The van der Waals surface area contributed by atoms with Crippen molar-refractivity contribution in [3.63, 3.8) is 0 Å². The number of hydrogen-bond donors (Lipinski definition) is 3. The second-order valence-electron chi connectivity index (χ2n) is 11.4. The molecule has 0 radical (unpaired) electrons. The minimum atomic E-state index is -1.70. The third-order valence-corrected chi connectivity index (χ3v) is 10.1. The molecule has 1 unspecified atom stereocenters. The van der Waals surface area contributed by atoms with Crippen LogP contribution in [-0.2, 0) is 16.0 Å². The normalized spacial score (nSPS) is 23.6. The molecule has 0 aliphatic carbocycles. The first kappa shape index (κ1) is 29.9. The number of β-lactam (4-membered cyclic amide) rings is 1. The first-order valence-electron chi connectivity index (χ1n) is 14.2. The largest absolute Gasteiger partial charge is 0.508 e. The van der Waals surface area contributed by atoms with Gasteiger partial charge in [0.25, 0.3) is 11.8 Å². The Labute approximate surface area is 256 Å². The van der Waals surface area contributed by atoms with Crippen LogP contribution in [0.4, 0.5) is 8.78 Å². The molecule has 230 valence electrons. The Morgan fingerprint density at radius 3 is 2.66 bits per heavy atom. The summed E-state index contributed by atoms with van der Waals surface area (Å²) in [4.78, 5) is 42.7. The SMILES string of the molecule is Cc1c(O)cccc1C(=O)N[C@@H](Cc1ccccc1)[C@H](O)C(=O)N1CSC2(C)[C@H]1C(=O)N2[C@H]1CCOc2c(F)cc(F)cc21. The van der Waals surface area contributed by atoms with Gasteiger partial charge in [-0.15, -0.1) is 11.8 Å². The van der Waals surface area contributed by atoms with E-state index >= 15 is 0 Å². The van der Waals surface area contributed by atoms with Gasteiger partial charge in [0.2, 0.25) is 5.91 Å². The number of benzene rings is 3. The fraction of sp³-hybridized carbons (Fsp3) is 0.344. The third-order valence-electron chi connectivity index (χ3n) is 8.69. The van der Waals surface area contributed by atoms with Gasteiger partial charge in [0.15, 0.2) is 17.7 Å². The van der Waals surface area contributed by atoms with Crippen molar-refractivity contribution in [2.45, 2.75) is 55.8 Å². The molecule has 3 aliphatic heterocycles. The molecule has 3 N–H and O–H groups in total. The van der Waals surface area contributed by atoms with E-state index in [-0.39, 0.29) is 41.5 Å². The van der Waals surface area contributed by atoms with Gasteiger partial charge in [-0.1, -0.05) is 36.4 Å². The molecule has 6 rings (SSSR count). The predicted molar refractivity (Wildman–Crippen MR) is 158 cm³/mol. The van der Waals surface area contributed by atoms with E-state index in [1.807, 2.05) is 18.2 Å². The number of carbonyl (C=O) groups excluding carboxylic acids is 3. The van der Waals surface area contributed by atoms with Gasteiger partial charge in [-0.2, -0.15) is 0 Å². The zero-order chi connectivity index (χ0) is 31.3. The molecule has 5 atom stereocenters. The van der Waals surface area contributed by atoms with Crippen LogP contribution in [0.1, 0.15) is 46.4 Å². The van der Waals surface area contributed by atoms with Crippen molar-refractivity contribution in [3.05, 3.63) is 94.6 Å². The van der Waals surface area contributed by atoms with Gasteiger partial charge in [-0.25, -0.2) is 8.78 Å². The Bertz CT molecular complexity index is 1640. The molecule has 2 fully saturated rings. The topological polar surface area (TPSA) is 119 Å². The number of ether oxygens (including phenoxy) is 1. The molecule has 0 spiro atoms. The Hall–Kier alpha value is -4.16. The quantitative estimate of drug-likeness (QED) is 0.344. The fourth-order valence-electron chi connectivity index (χ4n) is 6.39. The van der Waals surface area contributed by atoms with Crippen LogP contribution in [0.3, 0.4) is 0 Å². The van der Waals surface area contributed by atoms with Crippen LogP contribution >= 0.6 is 11.8 Å². The van der Waals surface area contributed by atoms with Crippen LogP contribution in [0.5, 0.6) is 11.5 Å². The lowest BCUT2D eigenvalue weighted by Gasteiger charge is -2.56. The summed E-state index contributed by atoms with van der Waals surface area (Å²) in [5, 5.41) is 24.3. The van der Waals surface area contributed by atoms with Crippen LogP contribution in [0.15, 0.2) is 60.7 Å². The summed E-state index contributed by atoms with van der Waals surface area (Å²) in [5.41, 5.74) is 1.55. The lowest BCUT2D eigenvalue weighted by atomic mass is 9.86. The van der Waals surface area contributed by atoms with Crippen molar-refractivity contribution in [3.8, 4) is 11.5 Å². The highest BCUT2D eigenvalue weighted by Crippen LogP contribution is 2.56. The van der Waals surface area contributed by atoms with Crippen LogP contribution in [-0.4, -0.2) is 73.3 Å². The average molecular weight is 624 g/mol. The predicted octanol–water partition coefficient (Wildman–Crippen LogP) is 3.66. The molecule has 12 heteroatoms. The van der Waals surface area contributed by atoms with Gasteiger partial charge in [0, 0.05) is 29.2 Å². The highest BCUT2D eigenvalue weighted by Gasteiger charge is 2.67. The van der Waals surface area contributed by atoms with Crippen molar-refractivity contribution in [2.75, 3.05) is 12.5 Å². The number of halogens is 2. The van der Waals surface area contributed by atoms with Gasteiger partial charge in [0.1, 0.15) is 22.5 Å². The molecular weight excluding hydrogens is 592 g/mol. The Balaban J connectivity index is 1.24. The number of phenols is 1. The summed E-state index contributed by atoms with van der Waals surface area (Å²) >= 11 is 1.32. The van der Waals surface area contributed by atoms with Crippen molar-refractivity contribution < 1.29 is 38.1 Å². The number of thioether (sulfide) groups is 1. The summed E-state index contributed by atoms with van der Waals surface area (Å²) in [6.45, 7) is 3.52. The standard InChI is InChI=1S/C32H31F2N3O6S/c1-17-20(9-6-10-25(17)38)29(40)35-23(13-18-7-4-3-5-8-18)26(39)30(41)36-16-44-32(2)28(36)31(42)37(32)24-11-12-43-27-21(24)14-19(33)15-22(27)34/h3-10,14-15,23-24,26,28,38-39H,11-13,16H2,1-2H3,(H,35,40)/t23-,24-,26-,28+,32?/m0/s1. The molecule has 44 heavy (non-hydrogen) atoms. The van der Waals surface area contributed by atoms with E-state index in [4.69, 9.17) is 4.74 Å². The first-order chi connectivity index (χ1) is 21.0. The Morgan fingerprint density at radius 2 is 1.91 bits per heavy atom. The number of aliphatic hydroxyl groups is 1. The number of nitrogens with zero attached hydrogens (tertiary/aromatic N) is 2. The van der Waals surface area contributed by atoms with Gasteiger partial charge in [0.05, 0.1) is 24.6 Å². The highest BCUT2D eigenvalue weighted by atomic mass is 32.2. The number of phenolic OH excluding ortho intramolecular Hbond substituents is 1. The number of aliphatic hydroxyl groups excluding tert-OH is 1. The van der Waals surface area contributed by atoms with Crippen molar-refractivity contribution in [1.29, 1.82) is 0 Å². The van der Waals surface area contributed by atoms with E-state index in [1.54, 1.807) is 30.9 Å². The lowest BCUT2D eigenvalue weighted by Crippen LogP contribution is -2.74. The first-order valence-corrected chi connectivity index (χ1v) is 15.2. The number of hydrogen-bond acceptors (Lipinski definition) is 7. The molecule has 3 heterocycles. The zero-order valence-electron chi connectivity index (χ0n) is 24.0. The molecule has 3 aromatic carbocycles. The summed E-state index contributed by atoms with van der Waals surface area (Å²) in [7, 11) is 0. The molecule has 3 aromatic rings. The smallest absolute Gasteiger partial charge is 0.255 e. The number of fused-ring (bicyclic) bond motifs is 2. The molecule has 0 bridgehead atoms. The van der Waals surface area contributed by atoms with E-state index in [0.29, 0.717) is 12.0 Å². The van der Waals surface area contributed by atoms with E-state index in [9.17, 15) is 33.4 Å². The van der Waals surface area contributed by atoms with E-state index in [0.717, 1.165) is 11.6 Å². The zero-order valence-corrected chi connectivity index (χ0v) is 24.8. The fourth-order valence-corrected chi connectivity index (χ4v) is 7.81. The molecule has 9 nitrogen and oxygen atoms in total. The van der Waals surface area contributed by atoms with Crippen molar-refractivity contribution >= 4 is 29.5 Å². The van der Waals surface area contributed by atoms with Crippen molar-refractivity contribution in [2.24, 2.45) is 0 Å². The van der Waals surface area contributed by atoms with Gasteiger partial charge < -0.3 is 30.1 Å². The lowest BCUT2D eigenvalue weighted by molar-refractivity contribution is -0.172. The molecule has 3 aliphatic rings. The molecule has 3 amide bonds. The number of rotatable bonds is 7. The van der Waals surface area contributed by atoms with E-state index < -0.39 is 58.5 Å². The third kappa shape index (κ3) is 4.95. The van der Waals surface area contributed by atoms with Gasteiger partial charge in [-0.05, 0) is 44.0 Å². The van der Waals surface area contributed by atoms with Crippen LogP contribution in [0.25, 0.3) is 0 Å². The van der Waals surface area contributed by atoms with Crippen LogP contribution in [0.2, 0.25) is 0 Å². The maximum atomic E-state index is 14.5. The maximum Gasteiger partial charge on any atom is 0.255 e. The Morgan fingerprint density at radius 1 is 1.16 bits per heavy atom. The molecule has 0 saturated carbocycles. The van der Waals surface area contributed by atoms with Gasteiger partial charge >= 0.3 is 0 Å². The van der Waals surface area contributed by atoms with Crippen LogP contribution in [0, 0.1) is 18.6 Å². The van der Waals surface area contributed by atoms with Crippen LogP contribution < -0.4 is 10.1 Å². The number of nitrogens with one attached hydrogen (secondary N) is 1. The van der Waals surface area contributed by atoms with Gasteiger partial charge in [-0.3, -0.25) is 14.4 Å². The maximum absolute atomic E-state index is 14.5. The van der Waals surface area contributed by atoms with Crippen molar-refractivity contribution in [1.82, 2.24) is 15.1 Å². The number of amides is 3. The summed E-state index contributed by atoms with van der Waals surface area (Å²) in [6.07, 6.45) is -1.26. The number of aromatic hydroxyl groups is 1. The number of carbonyl (C=O) groups is 3. The molecule has 0 aromatic heterocycles. The number of likely N-dealkylation sites (tertiary alicyclic amines) is 1. The second-order valence-corrected chi connectivity index (χ2v) is 12.7. The summed E-state index contributed by atoms with van der Waals surface area (Å²) < 4.78 is 34.1. The summed E-state index contributed by atoms with van der Waals surface area (Å²) in [5.74, 6) is -3.38. The van der Waals surface area contributed by atoms with E-state index in [1.165, 1.54) is 40.9 Å². The minimum absolute atomic E-state index is 0.0621. The molecular formula is C32H31F2N3O6S. The molecule has 2 saturated heterocycles.